The molecule has 0 aliphatic carbocycles. The van der Waals surface area contributed by atoms with Crippen LogP contribution in [0.4, 0.5) is 0 Å². The van der Waals surface area contributed by atoms with Crippen LogP contribution < -0.4 is 0 Å². The van der Waals surface area contributed by atoms with Crippen molar-refractivity contribution in [1.82, 2.24) is 9.13 Å². The molecule has 0 N–H and O–H groups in total. The predicted molar refractivity (Wildman–Crippen MR) is 230 cm³/mol. The van der Waals surface area contributed by atoms with Gasteiger partial charge >= 0.3 is 0 Å². The number of rotatable bonds is 8. The van der Waals surface area contributed by atoms with Crippen molar-refractivity contribution in [2.24, 2.45) is 0 Å². The lowest BCUT2D eigenvalue weighted by atomic mass is 9.98. The van der Waals surface area contributed by atoms with Crippen molar-refractivity contribution in [3.05, 3.63) is 194 Å². The van der Waals surface area contributed by atoms with Crippen molar-refractivity contribution >= 4 is 43.6 Å². The maximum Gasteiger partial charge on any atom is 0.0541 e. The summed E-state index contributed by atoms with van der Waals surface area (Å²) in [6.07, 6.45) is 3.61. The summed E-state index contributed by atoms with van der Waals surface area (Å²) in [5.74, 6) is 0. The van der Waals surface area contributed by atoms with E-state index in [1.807, 2.05) is 0 Å². The molecule has 2 nitrogen and oxygen atoms in total. The highest BCUT2D eigenvalue weighted by atomic mass is 15.0. The van der Waals surface area contributed by atoms with E-state index in [0.717, 1.165) is 12.1 Å². The molecule has 54 heavy (non-hydrogen) atoms. The van der Waals surface area contributed by atoms with E-state index < -0.39 is 0 Å². The molecular weight excluding hydrogens is 653 g/mol. The molecule has 0 aliphatic rings. The number of aryl methyl sites for hydroxylation is 1. The minimum absolute atomic E-state index is 1.15. The molecule has 8 aromatic carbocycles. The third kappa shape index (κ3) is 5.50. The highest BCUT2D eigenvalue weighted by Gasteiger charge is 2.16. The molecule has 0 radical (unpaired) electrons. The van der Waals surface area contributed by atoms with Gasteiger partial charge in [0.15, 0.2) is 0 Å². The topological polar surface area (TPSA) is 9.86 Å². The van der Waals surface area contributed by atoms with Gasteiger partial charge in [0.2, 0.25) is 0 Å². The number of unbranched alkanes of at least 4 members (excludes halogenated alkanes) is 1. The molecule has 0 aliphatic heterocycles. The first kappa shape index (κ1) is 32.0. The summed E-state index contributed by atoms with van der Waals surface area (Å²) in [6.45, 7) is 2.25. The van der Waals surface area contributed by atoms with E-state index in [-0.39, 0.29) is 0 Å². The number of hydrogen-bond acceptors (Lipinski definition) is 0. The van der Waals surface area contributed by atoms with Gasteiger partial charge in [-0.15, -0.1) is 0 Å². The van der Waals surface area contributed by atoms with Crippen LogP contribution in [0, 0.1) is 0 Å². The fourth-order valence-electron chi connectivity index (χ4n) is 8.36. The Morgan fingerprint density at radius 1 is 0.333 bits per heavy atom. The van der Waals surface area contributed by atoms with Crippen LogP contribution in [-0.4, -0.2) is 9.13 Å². The van der Waals surface area contributed by atoms with E-state index in [2.05, 4.69) is 204 Å². The largest absolute Gasteiger partial charge is 0.309 e. The average Bonchev–Trinajstić information content (AvgIpc) is 3.76. The Morgan fingerprint density at radius 2 is 0.778 bits per heavy atom. The van der Waals surface area contributed by atoms with Crippen LogP contribution in [0.15, 0.2) is 188 Å². The molecular formula is C52H40N2. The van der Waals surface area contributed by atoms with E-state index in [1.54, 1.807) is 0 Å². The Balaban J connectivity index is 1.03. The van der Waals surface area contributed by atoms with E-state index >= 15 is 0 Å². The molecule has 0 atom stereocenters. The third-order valence-corrected chi connectivity index (χ3v) is 11.1. The first-order valence-corrected chi connectivity index (χ1v) is 19.2. The Hall–Kier alpha value is -6.64. The zero-order valence-electron chi connectivity index (χ0n) is 30.4. The monoisotopic (exact) mass is 692 g/mol. The summed E-state index contributed by atoms with van der Waals surface area (Å²) < 4.78 is 4.80. The molecule has 0 saturated carbocycles. The van der Waals surface area contributed by atoms with Gasteiger partial charge in [-0.05, 0) is 112 Å². The number of fused-ring (bicyclic) bond motifs is 6. The normalized spacial score (nSPS) is 11.6. The summed E-state index contributed by atoms with van der Waals surface area (Å²) in [5, 5.41) is 5.04. The number of para-hydroxylation sites is 3. The van der Waals surface area contributed by atoms with Crippen molar-refractivity contribution in [2.75, 3.05) is 0 Å². The Morgan fingerprint density at radius 3 is 1.37 bits per heavy atom. The van der Waals surface area contributed by atoms with Gasteiger partial charge in [0.25, 0.3) is 0 Å². The van der Waals surface area contributed by atoms with Crippen LogP contribution in [0.3, 0.4) is 0 Å². The lowest BCUT2D eigenvalue weighted by molar-refractivity contribution is 0.795. The zero-order valence-corrected chi connectivity index (χ0v) is 30.4. The van der Waals surface area contributed by atoms with Gasteiger partial charge in [0, 0.05) is 32.9 Å². The first-order valence-electron chi connectivity index (χ1n) is 19.2. The van der Waals surface area contributed by atoms with Crippen molar-refractivity contribution < 1.29 is 0 Å². The average molecular weight is 693 g/mol. The second kappa shape index (κ2) is 13.4. The number of nitrogens with zero attached hydrogens (tertiary/aromatic N) is 2. The quantitative estimate of drug-likeness (QED) is 0.150. The predicted octanol–water partition coefficient (Wildman–Crippen LogP) is 14.2. The smallest absolute Gasteiger partial charge is 0.0541 e. The van der Waals surface area contributed by atoms with Gasteiger partial charge < -0.3 is 9.13 Å². The fourth-order valence-corrected chi connectivity index (χ4v) is 8.36. The molecule has 2 aromatic heterocycles. The lowest BCUT2D eigenvalue weighted by Gasteiger charge is -2.11. The van der Waals surface area contributed by atoms with Crippen LogP contribution in [0.1, 0.15) is 25.3 Å². The Kier molecular flexibility index (Phi) is 7.95. The standard InChI is InChI=1S/C52H40N2/c1-2-3-12-36-21-23-37(24-22-36)38-25-27-39(28-26-38)40-13-11-16-44(33-40)54-50-20-10-8-18-46(50)48-35-42(30-32-52(48)54)41-29-31-51-47(34-41)45-17-7-9-19-49(45)53(51)43-14-5-4-6-15-43/h4-11,13-35H,2-3,12H2,1H3. The lowest BCUT2D eigenvalue weighted by Crippen LogP contribution is -1.94. The van der Waals surface area contributed by atoms with E-state index in [0.29, 0.717) is 0 Å². The molecule has 0 amide bonds. The Labute approximate surface area is 316 Å². The molecule has 0 fully saturated rings. The Bertz CT molecular complexity index is 2940. The first-order chi connectivity index (χ1) is 26.7. The van der Waals surface area contributed by atoms with Crippen LogP contribution in [0.25, 0.3) is 88.4 Å². The summed E-state index contributed by atoms with van der Waals surface area (Å²) in [4.78, 5) is 0. The highest BCUT2D eigenvalue weighted by Crippen LogP contribution is 2.39. The minimum Gasteiger partial charge on any atom is -0.309 e. The molecule has 0 unspecified atom stereocenters. The van der Waals surface area contributed by atoms with Gasteiger partial charge in [0.05, 0.1) is 22.1 Å². The molecule has 0 bridgehead atoms. The fraction of sp³-hybridized carbons (Fsp3) is 0.0769. The highest BCUT2D eigenvalue weighted by molar-refractivity contribution is 6.12. The second-order valence-corrected chi connectivity index (χ2v) is 14.4. The number of benzene rings is 8. The van der Waals surface area contributed by atoms with E-state index in [9.17, 15) is 0 Å². The zero-order chi connectivity index (χ0) is 36.0. The van der Waals surface area contributed by atoms with Crippen LogP contribution in [-0.2, 0) is 6.42 Å². The minimum atomic E-state index is 1.15. The van der Waals surface area contributed by atoms with Crippen molar-refractivity contribution in [3.63, 3.8) is 0 Å². The molecule has 0 spiro atoms. The summed E-state index contributed by atoms with van der Waals surface area (Å²) in [5.41, 5.74) is 16.0. The molecule has 258 valence electrons. The van der Waals surface area contributed by atoms with Gasteiger partial charge in [-0.1, -0.05) is 141 Å². The number of hydrogen-bond donors (Lipinski definition) is 0. The summed E-state index contributed by atoms with van der Waals surface area (Å²) in [7, 11) is 0. The molecule has 0 saturated heterocycles. The van der Waals surface area contributed by atoms with Gasteiger partial charge in [-0.25, -0.2) is 0 Å². The second-order valence-electron chi connectivity index (χ2n) is 14.4. The maximum absolute atomic E-state index is 2.42. The van der Waals surface area contributed by atoms with Crippen molar-refractivity contribution in [1.29, 1.82) is 0 Å². The third-order valence-electron chi connectivity index (χ3n) is 11.1. The maximum atomic E-state index is 2.42. The number of aromatic nitrogens is 2. The van der Waals surface area contributed by atoms with Crippen LogP contribution >= 0.6 is 0 Å². The molecule has 2 heterocycles. The molecule has 10 rings (SSSR count). The summed E-state index contributed by atoms with van der Waals surface area (Å²) >= 11 is 0. The van der Waals surface area contributed by atoms with Gasteiger partial charge in [-0.3, -0.25) is 0 Å². The van der Waals surface area contributed by atoms with Crippen molar-refractivity contribution in [3.8, 4) is 44.8 Å². The van der Waals surface area contributed by atoms with Crippen LogP contribution in [0.5, 0.6) is 0 Å². The molecule has 2 heteroatoms. The van der Waals surface area contributed by atoms with Gasteiger partial charge in [-0.2, -0.15) is 0 Å². The molecule has 10 aromatic rings. The van der Waals surface area contributed by atoms with Crippen LogP contribution in [0.2, 0.25) is 0 Å². The summed E-state index contributed by atoms with van der Waals surface area (Å²) in [6, 6.07) is 69.2. The van der Waals surface area contributed by atoms with E-state index in [4.69, 9.17) is 0 Å². The van der Waals surface area contributed by atoms with Crippen molar-refractivity contribution in [2.45, 2.75) is 26.2 Å². The SMILES string of the molecule is CCCCc1ccc(-c2ccc(-c3cccc(-n4c5ccccc5c5cc(-c6ccc7c(c6)c6ccccc6n7-c6ccccc6)ccc54)c3)cc2)cc1. The van der Waals surface area contributed by atoms with E-state index in [1.165, 1.54) is 101 Å². The van der Waals surface area contributed by atoms with Gasteiger partial charge in [0.1, 0.15) is 0 Å².